The van der Waals surface area contributed by atoms with E-state index >= 15 is 0 Å². The van der Waals surface area contributed by atoms with Crippen LogP contribution in [0.2, 0.25) is 0 Å². The summed E-state index contributed by atoms with van der Waals surface area (Å²) in [5.41, 5.74) is 1.66. The number of ether oxygens (including phenoxy) is 2. The first kappa shape index (κ1) is 10.0. The van der Waals surface area contributed by atoms with E-state index in [1.54, 1.807) is 0 Å². The van der Waals surface area contributed by atoms with E-state index in [-0.39, 0.29) is 0 Å². The SMILES string of the molecule is COC#Cc1ccccc1C#COC. The minimum atomic E-state index is 0.832. The zero-order chi connectivity index (χ0) is 10.2. The number of hydrogen-bond donors (Lipinski definition) is 0. The van der Waals surface area contributed by atoms with Gasteiger partial charge < -0.3 is 9.47 Å². The molecule has 0 aliphatic carbocycles. The molecule has 0 aliphatic rings. The van der Waals surface area contributed by atoms with Crippen molar-refractivity contribution in [3.05, 3.63) is 35.4 Å². The first-order chi connectivity index (χ1) is 6.88. The van der Waals surface area contributed by atoms with E-state index in [9.17, 15) is 0 Å². The molecule has 0 spiro atoms. The molecule has 0 aromatic heterocycles. The Hall–Kier alpha value is -2.06. The number of hydrogen-bond acceptors (Lipinski definition) is 2. The first-order valence-corrected chi connectivity index (χ1v) is 4.05. The highest BCUT2D eigenvalue weighted by Gasteiger charge is 1.93. The zero-order valence-electron chi connectivity index (χ0n) is 8.13. The van der Waals surface area contributed by atoms with E-state index in [0.717, 1.165) is 11.1 Å². The molecular formula is C12H10O2. The van der Waals surface area contributed by atoms with Crippen LogP contribution in [0.5, 0.6) is 0 Å². The molecule has 0 N–H and O–H groups in total. The van der Waals surface area contributed by atoms with Gasteiger partial charge in [0.2, 0.25) is 0 Å². The highest BCUT2D eigenvalue weighted by atomic mass is 16.5. The van der Waals surface area contributed by atoms with Gasteiger partial charge in [-0.1, -0.05) is 12.1 Å². The number of benzene rings is 1. The summed E-state index contributed by atoms with van der Waals surface area (Å²) in [7, 11) is 3.05. The van der Waals surface area contributed by atoms with Crippen LogP contribution in [0, 0.1) is 24.1 Å². The fraction of sp³-hybridized carbons (Fsp3) is 0.167. The van der Waals surface area contributed by atoms with E-state index < -0.39 is 0 Å². The van der Waals surface area contributed by atoms with Gasteiger partial charge in [0, 0.05) is 11.1 Å². The molecule has 0 saturated carbocycles. The average Bonchev–Trinajstić information content (AvgIpc) is 2.24. The molecule has 0 unspecified atom stereocenters. The predicted molar refractivity (Wildman–Crippen MR) is 54.2 cm³/mol. The predicted octanol–water partition coefficient (Wildman–Crippen LogP) is 1.60. The van der Waals surface area contributed by atoms with Gasteiger partial charge in [-0.2, -0.15) is 0 Å². The van der Waals surface area contributed by atoms with E-state index in [4.69, 9.17) is 0 Å². The van der Waals surface area contributed by atoms with Crippen LogP contribution in [0.25, 0.3) is 0 Å². The van der Waals surface area contributed by atoms with Gasteiger partial charge in [-0.15, -0.1) is 0 Å². The number of rotatable bonds is 0. The second-order valence-electron chi connectivity index (χ2n) is 2.41. The Morgan fingerprint density at radius 2 is 1.29 bits per heavy atom. The van der Waals surface area contributed by atoms with Gasteiger partial charge in [-0.25, -0.2) is 0 Å². The third kappa shape index (κ3) is 2.77. The third-order valence-electron chi connectivity index (χ3n) is 1.50. The molecule has 14 heavy (non-hydrogen) atoms. The molecule has 0 heterocycles. The van der Waals surface area contributed by atoms with Crippen LogP contribution in [0.3, 0.4) is 0 Å². The zero-order valence-corrected chi connectivity index (χ0v) is 8.13. The van der Waals surface area contributed by atoms with Crippen molar-refractivity contribution in [2.24, 2.45) is 0 Å². The van der Waals surface area contributed by atoms with Crippen LogP contribution < -0.4 is 0 Å². The van der Waals surface area contributed by atoms with Crippen molar-refractivity contribution >= 4 is 0 Å². The lowest BCUT2D eigenvalue weighted by atomic mass is 10.1. The fourth-order valence-corrected chi connectivity index (χ4v) is 0.913. The van der Waals surface area contributed by atoms with Crippen molar-refractivity contribution in [2.75, 3.05) is 14.2 Å². The van der Waals surface area contributed by atoms with Crippen molar-refractivity contribution in [2.45, 2.75) is 0 Å². The fourth-order valence-electron chi connectivity index (χ4n) is 0.913. The Bertz CT molecular complexity index is 372. The lowest BCUT2D eigenvalue weighted by molar-refractivity contribution is 0.372. The van der Waals surface area contributed by atoms with E-state index in [1.807, 2.05) is 24.3 Å². The molecule has 1 aromatic carbocycles. The topological polar surface area (TPSA) is 18.5 Å². The summed E-state index contributed by atoms with van der Waals surface area (Å²) in [6, 6.07) is 7.56. The molecule has 0 aliphatic heterocycles. The van der Waals surface area contributed by atoms with Crippen molar-refractivity contribution in [1.82, 2.24) is 0 Å². The van der Waals surface area contributed by atoms with E-state index in [0.29, 0.717) is 0 Å². The molecule has 2 nitrogen and oxygen atoms in total. The maximum Gasteiger partial charge on any atom is 0.115 e. The molecular weight excluding hydrogens is 176 g/mol. The Balaban J connectivity index is 3.03. The second-order valence-corrected chi connectivity index (χ2v) is 2.41. The lowest BCUT2D eigenvalue weighted by Crippen LogP contribution is -1.83. The molecule has 0 saturated heterocycles. The van der Waals surface area contributed by atoms with Gasteiger partial charge in [0.15, 0.2) is 0 Å². The van der Waals surface area contributed by atoms with Crippen LogP contribution in [0.1, 0.15) is 11.1 Å². The van der Waals surface area contributed by atoms with Gasteiger partial charge in [-0.3, -0.25) is 0 Å². The van der Waals surface area contributed by atoms with Gasteiger partial charge in [-0.05, 0) is 24.0 Å². The highest BCUT2D eigenvalue weighted by molar-refractivity contribution is 5.49. The molecule has 70 valence electrons. The minimum absolute atomic E-state index is 0.832. The largest absolute Gasteiger partial charge is 0.450 e. The maximum atomic E-state index is 4.66. The molecule has 0 fully saturated rings. The first-order valence-electron chi connectivity index (χ1n) is 4.05. The van der Waals surface area contributed by atoms with Crippen LogP contribution >= 0.6 is 0 Å². The van der Waals surface area contributed by atoms with Crippen molar-refractivity contribution in [3.8, 4) is 24.1 Å². The molecule has 1 rings (SSSR count). The minimum Gasteiger partial charge on any atom is -0.450 e. The molecule has 0 bridgehead atoms. The molecule has 0 atom stereocenters. The summed E-state index contributed by atoms with van der Waals surface area (Å²) in [6.45, 7) is 0. The van der Waals surface area contributed by atoms with E-state index in [2.05, 4.69) is 33.5 Å². The quantitative estimate of drug-likeness (QED) is 0.573. The Morgan fingerprint density at radius 1 is 0.857 bits per heavy atom. The van der Waals surface area contributed by atoms with Gasteiger partial charge in [0.1, 0.15) is 12.2 Å². The smallest absolute Gasteiger partial charge is 0.115 e. The van der Waals surface area contributed by atoms with Crippen molar-refractivity contribution in [3.63, 3.8) is 0 Å². The van der Waals surface area contributed by atoms with Crippen molar-refractivity contribution < 1.29 is 9.47 Å². The van der Waals surface area contributed by atoms with Crippen LogP contribution in [0.4, 0.5) is 0 Å². The molecule has 0 radical (unpaired) electrons. The molecule has 2 heteroatoms. The molecule has 0 amide bonds. The highest BCUT2D eigenvalue weighted by Crippen LogP contribution is 2.04. The van der Waals surface area contributed by atoms with Gasteiger partial charge in [0.25, 0.3) is 0 Å². The van der Waals surface area contributed by atoms with Crippen LogP contribution in [-0.4, -0.2) is 14.2 Å². The summed E-state index contributed by atoms with van der Waals surface area (Å²) in [6.07, 6.45) is 5.05. The monoisotopic (exact) mass is 186 g/mol. The van der Waals surface area contributed by atoms with E-state index in [1.165, 1.54) is 14.2 Å². The summed E-state index contributed by atoms with van der Waals surface area (Å²) in [4.78, 5) is 0. The second kappa shape index (κ2) is 5.56. The summed E-state index contributed by atoms with van der Waals surface area (Å²) >= 11 is 0. The Morgan fingerprint density at radius 3 is 1.64 bits per heavy atom. The standard InChI is InChI=1S/C12H10O2/c1-13-9-7-11-5-3-4-6-12(11)8-10-14-2/h3-6H,1-2H3. The van der Waals surface area contributed by atoms with Crippen molar-refractivity contribution in [1.29, 1.82) is 0 Å². The summed E-state index contributed by atoms with van der Waals surface area (Å²) < 4.78 is 9.33. The van der Waals surface area contributed by atoms with Gasteiger partial charge >= 0.3 is 0 Å². The average molecular weight is 186 g/mol. The number of methoxy groups -OCH3 is 2. The summed E-state index contributed by atoms with van der Waals surface area (Å²) in [5.74, 6) is 5.68. The Labute approximate surface area is 83.8 Å². The molecule has 1 aromatic rings. The van der Waals surface area contributed by atoms with Gasteiger partial charge in [0.05, 0.1) is 14.2 Å². The maximum absolute atomic E-state index is 4.66. The van der Waals surface area contributed by atoms with Crippen LogP contribution in [0.15, 0.2) is 24.3 Å². The third-order valence-corrected chi connectivity index (χ3v) is 1.50. The van der Waals surface area contributed by atoms with Crippen LogP contribution in [-0.2, 0) is 9.47 Å². The normalized spacial score (nSPS) is 7.57. The summed E-state index contributed by atoms with van der Waals surface area (Å²) in [5, 5.41) is 0. The Kier molecular flexibility index (Phi) is 3.98. The lowest BCUT2D eigenvalue weighted by Gasteiger charge is -1.93.